The van der Waals surface area contributed by atoms with Crippen LogP contribution in [0.2, 0.25) is 0 Å². The number of allylic oxidation sites excluding steroid dienone is 5. The average molecular weight is 271 g/mol. The molecule has 0 saturated heterocycles. The first-order chi connectivity index (χ1) is 9.63. The third kappa shape index (κ3) is 1.96. The van der Waals surface area contributed by atoms with Crippen LogP contribution in [0.15, 0.2) is 36.1 Å². The van der Waals surface area contributed by atoms with Gasteiger partial charge in [0.2, 0.25) is 0 Å². The normalized spacial score (nSPS) is 41.4. The summed E-state index contributed by atoms with van der Waals surface area (Å²) in [5.74, 6) is 2.45. The molecular formula is C17H21NO2. The van der Waals surface area contributed by atoms with Crippen LogP contribution in [-0.4, -0.2) is 21.6 Å². The fourth-order valence-corrected chi connectivity index (χ4v) is 5.18. The number of carbonyl (C=O) groups excluding carboxylic acids is 1. The minimum Gasteiger partial charge on any atom is -0.290 e. The van der Waals surface area contributed by atoms with Gasteiger partial charge >= 0.3 is 0 Å². The lowest BCUT2D eigenvalue weighted by Crippen LogP contribution is -2.57. The second-order valence-electron chi connectivity index (χ2n) is 7.18. The lowest BCUT2D eigenvalue weighted by atomic mass is 9.53. The lowest BCUT2D eigenvalue weighted by molar-refractivity contribution is -0.196. The molecule has 5 aliphatic rings. The average Bonchev–Trinajstić information content (AvgIpc) is 2.40. The number of ketones is 1. The summed E-state index contributed by atoms with van der Waals surface area (Å²) >= 11 is 0. The molecule has 4 fully saturated rings. The van der Waals surface area contributed by atoms with Crippen LogP contribution < -0.4 is 0 Å². The zero-order chi connectivity index (χ0) is 13.7. The van der Waals surface area contributed by atoms with Crippen LogP contribution in [0.5, 0.6) is 0 Å². The summed E-state index contributed by atoms with van der Waals surface area (Å²) in [5, 5.41) is 12.1. The SMILES string of the molecule is O=C1C=CC(=CN(O)C23CC4CC(CC(C4)C2)C3)C=C1. The van der Waals surface area contributed by atoms with Gasteiger partial charge in [0.05, 0.1) is 5.54 Å². The smallest absolute Gasteiger partial charge is 0.178 e. The van der Waals surface area contributed by atoms with Crippen molar-refractivity contribution in [1.29, 1.82) is 0 Å². The van der Waals surface area contributed by atoms with E-state index in [1.807, 2.05) is 6.20 Å². The van der Waals surface area contributed by atoms with E-state index in [4.69, 9.17) is 0 Å². The first-order valence-electron chi connectivity index (χ1n) is 7.73. The molecule has 0 aromatic heterocycles. The molecule has 1 N–H and O–H groups in total. The molecule has 0 aromatic carbocycles. The fourth-order valence-electron chi connectivity index (χ4n) is 5.18. The molecule has 3 nitrogen and oxygen atoms in total. The number of hydrogen-bond donors (Lipinski definition) is 1. The third-order valence-electron chi connectivity index (χ3n) is 5.64. The van der Waals surface area contributed by atoms with Gasteiger partial charge in [-0.3, -0.25) is 15.1 Å². The summed E-state index contributed by atoms with van der Waals surface area (Å²) in [5.41, 5.74) is 0.869. The van der Waals surface area contributed by atoms with Gasteiger partial charge in [0.15, 0.2) is 5.78 Å². The number of rotatable bonds is 2. The van der Waals surface area contributed by atoms with Crippen LogP contribution in [0.1, 0.15) is 38.5 Å². The molecule has 106 valence electrons. The third-order valence-corrected chi connectivity index (χ3v) is 5.64. The van der Waals surface area contributed by atoms with Crippen molar-refractivity contribution in [2.75, 3.05) is 0 Å². The molecule has 0 heterocycles. The van der Waals surface area contributed by atoms with Gasteiger partial charge < -0.3 is 0 Å². The Morgan fingerprint density at radius 2 is 1.50 bits per heavy atom. The van der Waals surface area contributed by atoms with Gasteiger partial charge in [0.1, 0.15) is 0 Å². The molecule has 4 bridgehead atoms. The van der Waals surface area contributed by atoms with Crippen molar-refractivity contribution in [2.45, 2.75) is 44.1 Å². The van der Waals surface area contributed by atoms with Crippen LogP contribution in [0, 0.1) is 17.8 Å². The molecule has 0 aliphatic heterocycles. The van der Waals surface area contributed by atoms with Gasteiger partial charge in [-0.05, 0) is 86.2 Å². The predicted molar refractivity (Wildman–Crippen MR) is 75.9 cm³/mol. The molecule has 0 amide bonds. The molecule has 5 aliphatic carbocycles. The molecule has 20 heavy (non-hydrogen) atoms. The Morgan fingerprint density at radius 1 is 1.00 bits per heavy atom. The van der Waals surface area contributed by atoms with E-state index < -0.39 is 0 Å². The van der Waals surface area contributed by atoms with Crippen molar-refractivity contribution in [1.82, 2.24) is 5.06 Å². The largest absolute Gasteiger partial charge is 0.290 e. The van der Waals surface area contributed by atoms with E-state index in [1.165, 1.54) is 24.3 Å². The summed E-state index contributed by atoms with van der Waals surface area (Å²) in [4.78, 5) is 11.1. The Balaban J connectivity index is 1.58. The Kier molecular flexibility index (Phi) is 2.68. The zero-order valence-electron chi connectivity index (χ0n) is 11.7. The molecule has 0 unspecified atom stereocenters. The highest BCUT2D eigenvalue weighted by atomic mass is 16.5. The second-order valence-corrected chi connectivity index (χ2v) is 7.18. The topological polar surface area (TPSA) is 40.5 Å². The highest BCUT2D eigenvalue weighted by Crippen LogP contribution is 2.57. The quantitative estimate of drug-likeness (QED) is 0.784. The highest BCUT2D eigenvalue weighted by Gasteiger charge is 2.53. The molecule has 5 rings (SSSR count). The van der Waals surface area contributed by atoms with Crippen molar-refractivity contribution in [3.63, 3.8) is 0 Å². The summed E-state index contributed by atoms with van der Waals surface area (Å²) in [6, 6.07) is 0. The van der Waals surface area contributed by atoms with Gasteiger partial charge in [0, 0.05) is 6.20 Å². The minimum atomic E-state index is -0.0368. The minimum absolute atomic E-state index is 0.0152. The van der Waals surface area contributed by atoms with Crippen LogP contribution >= 0.6 is 0 Å². The molecule has 0 aromatic rings. The number of nitrogens with zero attached hydrogens (tertiary/aromatic N) is 1. The van der Waals surface area contributed by atoms with Crippen LogP contribution in [0.4, 0.5) is 0 Å². The van der Waals surface area contributed by atoms with Crippen LogP contribution in [0.3, 0.4) is 0 Å². The van der Waals surface area contributed by atoms with Gasteiger partial charge in [-0.1, -0.05) is 0 Å². The Bertz CT molecular complexity index is 476. The Labute approximate surface area is 119 Å². The summed E-state index contributed by atoms with van der Waals surface area (Å²) in [6.45, 7) is 0. The van der Waals surface area contributed by atoms with Crippen molar-refractivity contribution in [3.8, 4) is 0 Å². The van der Waals surface area contributed by atoms with E-state index in [2.05, 4.69) is 0 Å². The fraction of sp³-hybridized carbons (Fsp3) is 0.588. The maximum absolute atomic E-state index is 11.1. The van der Waals surface area contributed by atoms with Gasteiger partial charge in [-0.15, -0.1) is 0 Å². The predicted octanol–water partition coefficient (Wildman–Crippen LogP) is 3.23. The number of hydroxylamine groups is 2. The van der Waals surface area contributed by atoms with Crippen LogP contribution in [-0.2, 0) is 4.79 Å². The van der Waals surface area contributed by atoms with E-state index in [0.717, 1.165) is 42.6 Å². The Morgan fingerprint density at radius 3 is 2.00 bits per heavy atom. The van der Waals surface area contributed by atoms with Gasteiger partial charge in [-0.25, -0.2) is 0 Å². The van der Waals surface area contributed by atoms with Crippen molar-refractivity contribution in [2.24, 2.45) is 17.8 Å². The van der Waals surface area contributed by atoms with Gasteiger partial charge in [-0.2, -0.15) is 0 Å². The Hall–Kier alpha value is -1.35. The summed E-state index contributed by atoms with van der Waals surface area (Å²) < 4.78 is 0. The van der Waals surface area contributed by atoms with Crippen molar-refractivity contribution >= 4 is 5.78 Å². The number of carbonyl (C=O) groups is 1. The van der Waals surface area contributed by atoms with E-state index >= 15 is 0 Å². The van der Waals surface area contributed by atoms with Crippen LogP contribution in [0.25, 0.3) is 0 Å². The van der Waals surface area contributed by atoms with Crippen molar-refractivity contribution in [3.05, 3.63) is 36.1 Å². The van der Waals surface area contributed by atoms with E-state index in [1.54, 1.807) is 24.3 Å². The van der Waals surface area contributed by atoms with Crippen molar-refractivity contribution < 1.29 is 10.0 Å². The first-order valence-corrected chi connectivity index (χ1v) is 7.73. The molecule has 0 atom stereocenters. The monoisotopic (exact) mass is 271 g/mol. The maximum atomic E-state index is 11.1. The standard InChI is InChI=1S/C17H21NO2/c19-16-3-1-12(2-4-16)11-18(20)17-8-13-5-14(9-17)7-15(6-13)10-17/h1-4,11,13-15,20H,5-10H2. The number of hydrogen-bond acceptors (Lipinski definition) is 3. The summed E-state index contributed by atoms with van der Waals surface area (Å²) in [7, 11) is 0. The first kappa shape index (κ1) is 12.4. The molecule has 3 heteroatoms. The zero-order valence-corrected chi connectivity index (χ0v) is 11.7. The molecule has 4 saturated carbocycles. The summed E-state index contributed by atoms with van der Waals surface area (Å²) in [6.07, 6.45) is 16.0. The van der Waals surface area contributed by atoms with E-state index in [0.29, 0.717) is 0 Å². The van der Waals surface area contributed by atoms with Gasteiger partial charge in [0.25, 0.3) is 0 Å². The lowest BCUT2D eigenvalue weighted by Gasteiger charge is -2.58. The maximum Gasteiger partial charge on any atom is 0.178 e. The van der Waals surface area contributed by atoms with E-state index in [-0.39, 0.29) is 11.3 Å². The van der Waals surface area contributed by atoms with E-state index in [9.17, 15) is 10.0 Å². The highest BCUT2D eigenvalue weighted by molar-refractivity contribution is 6.01. The second kappa shape index (κ2) is 4.32. The molecule has 0 radical (unpaired) electrons. The molecule has 0 spiro atoms. The molecular weight excluding hydrogens is 250 g/mol.